The van der Waals surface area contributed by atoms with Gasteiger partial charge in [0, 0.05) is 11.1 Å². The summed E-state index contributed by atoms with van der Waals surface area (Å²) in [7, 11) is 0. The maximum Gasteiger partial charge on any atom is 0.326 e. The van der Waals surface area contributed by atoms with Crippen molar-refractivity contribution in [2.75, 3.05) is 0 Å². The summed E-state index contributed by atoms with van der Waals surface area (Å²) in [6.07, 6.45) is 14.7. The number of carbonyl (C=O) groups excluding carboxylic acids is 1. The second-order valence-electron chi connectivity index (χ2n) is 13.5. The van der Waals surface area contributed by atoms with Crippen LogP contribution in [0.1, 0.15) is 147 Å². The highest BCUT2D eigenvalue weighted by Gasteiger charge is 2.49. The molecule has 2 aromatic carbocycles. The van der Waals surface area contributed by atoms with E-state index in [1.807, 2.05) is 6.92 Å². The normalized spacial score (nSPS) is 17.7. The first-order valence-electron chi connectivity index (χ1n) is 14.9. The van der Waals surface area contributed by atoms with Crippen LogP contribution < -0.4 is 4.74 Å². The van der Waals surface area contributed by atoms with E-state index in [1.165, 1.54) is 75.3 Å². The van der Waals surface area contributed by atoms with Gasteiger partial charge in [0.2, 0.25) is 0 Å². The van der Waals surface area contributed by atoms with Crippen molar-refractivity contribution >= 4 is 5.97 Å². The topological polar surface area (TPSA) is 26.3 Å². The van der Waals surface area contributed by atoms with Crippen molar-refractivity contribution in [1.82, 2.24) is 0 Å². The highest BCUT2D eigenvalue weighted by atomic mass is 16.5. The van der Waals surface area contributed by atoms with Crippen LogP contribution in [0.4, 0.5) is 0 Å². The minimum absolute atomic E-state index is 0.0134. The molecular formula is C35H52O2. The fourth-order valence-electron chi connectivity index (χ4n) is 5.50. The number of fused-ring (bicyclic) bond motifs is 1. The molecule has 1 heterocycles. The van der Waals surface area contributed by atoms with Crippen LogP contribution >= 0.6 is 0 Å². The number of esters is 1. The van der Waals surface area contributed by atoms with Gasteiger partial charge in [-0.15, -0.1) is 0 Å². The summed E-state index contributed by atoms with van der Waals surface area (Å²) >= 11 is 0. The van der Waals surface area contributed by atoms with Crippen molar-refractivity contribution in [3.05, 3.63) is 64.2 Å². The number of aryl methyl sites for hydroxylation is 1. The molecule has 1 unspecified atom stereocenters. The molecule has 0 saturated carbocycles. The Kier molecular flexibility index (Phi) is 9.70. The molecule has 0 radical (unpaired) electrons. The van der Waals surface area contributed by atoms with Crippen molar-refractivity contribution in [1.29, 1.82) is 0 Å². The van der Waals surface area contributed by atoms with Gasteiger partial charge in [-0.25, -0.2) is 0 Å². The second kappa shape index (κ2) is 12.2. The maximum absolute atomic E-state index is 13.4. The van der Waals surface area contributed by atoms with Gasteiger partial charge < -0.3 is 4.74 Å². The van der Waals surface area contributed by atoms with Gasteiger partial charge in [-0.05, 0) is 47.3 Å². The first-order valence-corrected chi connectivity index (χ1v) is 14.9. The average molecular weight is 505 g/mol. The van der Waals surface area contributed by atoms with E-state index in [4.69, 9.17) is 4.74 Å². The van der Waals surface area contributed by atoms with Crippen molar-refractivity contribution in [3.8, 4) is 5.75 Å². The lowest BCUT2D eigenvalue weighted by atomic mass is 9.72. The van der Waals surface area contributed by atoms with E-state index < -0.39 is 5.41 Å². The first kappa shape index (κ1) is 29.5. The van der Waals surface area contributed by atoms with Crippen LogP contribution in [0.3, 0.4) is 0 Å². The molecule has 0 aromatic heterocycles. The molecular weight excluding hydrogens is 452 g/mol. The fourth-order valence-corrected chi connectivity index (χ4v) is 5.50. The highest BCUT2D eigenvalue weighted by Crippen LogP contribution is 2.50. The lowest BCUT2D eigenvalue weighted by Crippen LogP contribution is -2.31. The van der Waals surface area contributed by atoms with E-state index in [2.05, 4.69) is 84.9 Å². The molecule has 1 aliphatic heterocycles. The molecule has 2 heteroatoms. The molecule has 0 bridgehead atoms. The minimum Gasteiger partial charge on any atom is -0.425 e. The number of ether oxygens (including phenoxy) is 1. The van der Waals surface area contributed by atoms with E-state index in [9.17, 15) is 4.79 Å². The lowest BCUT2D eigenvalue weighted by Gasteiger charge is -2.28. The maximum atomic E-state index is 13.4. The largest absolute Gasteiger partial charge is 0.425 e. The third-order valence-electron chi connectivity index (χ3n) is 8.25. The van der Waals surface area contributed by atoms with Crippen molar-refractivity contribution in [2.24, 2.45) is 0 Å². The molecule has 0 amide bonds. The minimum atomic E-state index is -0.785. The van der Waals surface area contributed by atoms with Gasteiger partial charge in [0.05, 0.1) is 0 Å². The predicted octanol–water partition coefficient (Wildman–Crippen LogP) is 9.97. The predicted molar refractivity (Wildman–Crippen MR) is 158 cm³/mol. The van der Waals surface area contributed by atoms with Crippen molar-refractivity contribution in [3.63, 3.8) is 0 Å². The van der Waals surface area contributed by atoms with E-state index in [0.29, 0.717) is 0 Å². The Balaban J connectivity index is 1.68. The molecule has 1 atom stereocenters. The molecule has 204 valence electrons. The first-order chi connectivity index (χ1) is 17.4. The monoisotopic (exact) mass is 504 g/mol. The summed E-state index contributed by atoms with van der Waals surface area (Å²) in [5.41, 5.74) is 4.84. The zero-order chi connectivity index (χ0) is 27.3. The Morgan fingerprint density at radius 1 is 0.730 bits per heavy atom. The third-order valence-corrected chi connectivity index (χ3v) is 8.25. The van der Waals surface area contributed by atoms with Crippen LogP contribution in [0, 0.1) is 0 Å². The number of carbonyl (C=O) groups is 1. The summed E-state index contributed by atoms with van der Waals surface area (Å²) < 4.78 is 6.03. The standard InChI is InChI=1S/C35H52O2/c1-9-10-11-12-13-14-15-16-17-18-19-26-20-22-27(23-21-26)35(8)30-25-28(33(2,3)4)24-29(34(5,6)7)31(30)37-32(35)36/h20-25H,9-19H2,1-8H3. The van der Waals surface area contributed by atoms with Gasteiger partial charge in [0.25, 0.3) is 0 Å². The average Bonchev–Trinajstić information content (AvgIpc) is 3.09. The smallest absolute Gasteiger partial charge is 0.326 e. The Bertz CT molecular complexity index is 1030. The number of benzene rings is 2. The van der Waals surface area contributed by atoms with Gasteiger partial charge in [0.15, 0.2) is 0 Å². The summed E-state index contributed by atoms with van der Waals surface area (Å²) in [6.45, 7) is 17.6. The summed E-state index contributed by atoms with van der Waals surface area (Å²) in [6, 6.07) is 13.2. The van der Waals surface area contributed by atoms with Gasteiger partial charge in [0.1, 0.15) is 11.2 Å². The molecule has 2 aromatic rings. The zero-order valence-electron chi connectivity index (χ0n) is 25.1. The summed E-state index contributed by atoms with van der Waals surface area (Å²) in [4.78, 5) is 13.4. The fraction of sp³-hybridized carbons (Fsp3) is 0.629. The van der Waals surface area contributed by atoms with Crippen molar-refractivity contribution < 1.29 is 9.53 Å². The third kappa shape index (κ3) is 7.06. The SMILES string of the molecule is CCCCCCCCCCCCc1ccc(C2(C)C(=O)Oc3c(C(C)(C)C)cc(C(C)(C)C)cc32)cc1. The molecule has 3 rings (SSSR count). The Hall–Kier alpha value is -2.09. The molecule has 2 nitrogen and oxygen atoms in total. The van der Waals surface area contributed by atoms with Crippen LogP contribution in [-0.4, -0.2) is 5.97 Å². The van der Waals surface area contributed by atoms with Crippen LogP contribution in [0.25, 0.3) is 0 Å². The quantitative estimate of drug-likeness (QED) is 0.163. The number of rotatable bonds is 12. The summed E-state index contributed by atoms with van der Waals surface area (Å²) in [5, 5.41) is 0. The van der Waals surface area contributed by atoms with Crippen LogP contribution in [0.2, 0.25) is 0 Å². The molecule has 1 aliphatic rings. The second-order valence-corrected chi connectivity index (χ2v) is 13.5. The molecule has 0 fully saturated rings. The lowest BCUT2D eigenvalue weighted by molar-refractivity contribution is -0.136. The molecule has 0 spiro atoms. The molecule has 0 N–H and O–H groups in total. The number of hydrogen-bond acceptors (Lipinski definition) is 2. The molecule has 0 saturated heterocycles. The molecule has 37 heavy (non-hydrogen) atoms. The van der Waals surface area contributed by atoms with Crippen LogP contribution in [0.5, 0.6) is 5.75 Å². The van der Waals surface area contributed by atoms with Gasteiger partial charge in [-0.2, -0.15) is 0 Å². The van der Waals surface area contributed by atoms with E-state index >= 15 is 0 Å². The van der Waals surface area contributed by atoms with E-state index in [-0.39, 0.29) is 16.8 Å². The highest BCUT2D eigenvalue weighted by molar-refractivity contribution is 5.94. The van der Waals surface area contributed by atoms with Crippen LogP contribution in [-0.2, 0) is 27.5 Å². The van der Waals surface area contributed by atoms with E-state index in [1.54, 1.807) is 0 Å². The summed E-state index contributed by atoms with van der Waals surface area (Å²) in [5.74, 6) is 0.601. The van der Waals surface area contributed by atoms with Gasteiger partial charge in [-0.3, -0.25) is 4.79 Å². The van der Waals surface area contributed by atoms with Crippen LogP contribution in [0.15, 0.2) is 36.4 Å². The number of unbranched alkanes of at least 4 members (excludes halogenated alkanes) is 9. The Morgan fingerprint density at radius 3 is 1.78 bits per heavy atom. The van der Waals surface area contributed by atoms with E-state index in [0.717, 1.165) is 28.9 Å². The molecule has 0 aliphatic carbocycles. The van der Waals surface area contributed by atoms with Gasteiger partial charge >= 0.3 is 5.97 Å². The Labute approximate surface area is 227 Å². The van der Waals surface area contributed by atoms with Gasteiger partial charge in [-0.1, -0.05) is 143 Å². The number of hydrogen-bond donors (Lipinski definition) is 0. The zero-order valence-corrected chi connectivity index (χ0v) is 25.1. The Morgan fingerprint density at radius 2 is 1.27 bits per heavy atom. The van der Waals surface area contributed by atoms with Crippen molar-refractivity contribution in [2.45, 2.75) is 142 Å².